The molecule has 162 valence electrons. The molecule has 1 aliphatic rings. The van der Waals surface area contributed by atoms with E-state index in [1.165, 1.54) is 0 Å². The van der Waals surface area contributed by atoms with E-state index in [1.54, 1.807) is 11.6 Å². The molecule has 5 heteroatoms. The maximum atomic E-state index is 12.7. The van der Waals surface area contributed by atoms with Crippen molar-refractivity contribution in [3.05, 3.63) is 94.5 Å². The Hall–Kier alpha value is -3.36. The number of benzene rings is 2. The van der Waals surface area contributed by atoms with Crippen LogP contribution in [0.4, 0.5) is 0 Å². The quantitative estimate of drug-likeness (QED) is 0.338. The first-order chi connectivity index (χ1) is 15.7. The van der Waals surface area contributed by atoms with E-state index in [4.69, 9.17) is 0 Å². The zero-order valence-corrected chi connectivity index (χ0v) is 19.1. The first kappa shape index (κ1) is 23.3. The maximum Gasteiger partial charge on any atom is 0.251 e. The second-order valence-electron chi connectivity index (χ2n) is 7.45. The van der Waals surface area contributed by atoms with Crippen LogP contribution in [-0.4, -0.2) is 30.4 Å². The van der Waals surface area contributed by atoms with Gasteiger partial charge in [0.15, 0.2) is 0 Å². The van der Waals surface area contributed by atoms with Crippen LogP contribution in [0.3, 0.4) is 0 Å². The summed E-state index contributed by atoms with van der Waals surface area (Å²) >= 11 is 3.99. The van der Waals surface area contributed by atoms with Gasteiger partial charge in [0.05, 0.1) is 6.04 Å². The molecule has 1 atom stereocenters. The Balaban J connectivity index is 1.74. The molecule has 0 aliphatic carbocycles. The van der Waals surface area contributed by atoms with Crippen molar-refractivity contribution in [2.75, 3.05) is 6.54 Å². The third-order valence-electron chi connectivity index (χ3n) is 5.03. The lowest BCUT2D eigenvalue weighted by molar-refractivity contribution is 0.0954. The molecule has 32 heavy (non-hydrogen) atoms. The van der Waals surface area contributed by atoms with Crippen molar-refractivity contribution < 1.29 is 4.79 Å². The van der Waals surface area contributed by atoms with Gasteiger partial charge in [0.2, 0.25) is 0 Å². The summed E-state index contributed by atoms with van der Waals surface area (Å²) < 4.78 is 0. The largest absolute Gasteiger partial charge is 0.352 e. The number of amides is 1. The van der Waals surface area contributed by atoms with Crippen LogP contribution in [0, 0.1) is 11.8 Å². The Morgan fingerprint density at radius 2 is 2.06 bits per heavy atom. The van der Waals surface area contributed by atoms with E-state index in [0.717, 1.165) is 35.2 Å². The number of allylic oxidation sites excluding steroid dienone is 1. The first-order valence-electron chi connectivity index (χ1n) is 10.7. The monoisotopic (exact) mass is 441 g/mol. The number of aliphatic imine (C=N–C) groups is 2. The zero-order valence-electron chi connectivity index (χ0n) is 18.2. The first-order valence-corrected chi connectivity index (χ1v) is 11.2. The van der Waals surface area contributed by atoms with Gasteiger partial charge >= 0.3 is 0 Å². The van der Waals surface area contributed by atoms with Gasteiger partial charge in [0.1, 0.15) is 0 Å². The predicted molar refractivity (Wildman–Crippen MR) is 137 cm³/mol. The Labute approximate surface area is 195 Å². The third-order valence-corrected chi connectivity index (χ3v) is 5.16. The lowest BCUT2D eigenvalue weighted by atomic mass is 9.97. The summed E-state index contributed by atoms with van der Waals surface area (Å²) in [5.74, 6) is 6.39. The van der Waals surface area contributed by atoms with Crippen LogP contribution in [0.2, 0.25) is 0 Å². The van der Waals surface area contributed by atoms with Crippen molar-refractivity contribution in [2.45, 2.75) is 32.2 Å². The second-order valence-corrected chi connectivity index (χ2v) is 7.74. The molecule has 1 amide bonds. The summed E-state index contributed by atoms with van der Waals surface area (Å²) in [4.78, 5) is 21.3. The van der Waals surface area contributed by atoms with Crippen LogP contribution in [0.25, 0.3) is 0 Å². The highest BCUT2D eigenvalue weighted by Gasteiger charge is 2.11. The number of nitrogens with zero attached hydrogens (tertiary/aromatic N) is 2. The van der Waals surface area contributed by atoms with Crippen LogP contribution in [0.5, 0.6) is 0 Å². The molecule has 0 aromatic heterocycles. The zero-order chi connectivity index (χ0) is 22.6. The number of thiol groups is 1. The van der Waals surface area contributed by atoms with Crippen molar-refractivity contribution in [3.63, 3.8) is 0 Å². The highest BCUT2D eigenvalue weighted by molar-refractivity contribution is 7.83. The van der Waals surface area contributed by atoms with Gasteiger partial charge in [-0.05, 0) is 61.1 Å². The fraction of sp³-hybridized carbons (Fsp3) is 0.222. The summed E-state index contributed by atoms with van der Waals surface area (Å²) in [7, 11) is 0. The molecule has 1 heterocycles. The van der Waals surface area contributed by atoms with Crippen LogP contribution in [0.15, 0.2) is 82.3 Å². The molecular formula is C27H27N3OS. The van der Waals surface area contributed by atoms with Crippen LogP contribution in [0.1, 0.15) is 46.8 Å². The molecule has 3 rings (SSSR count). The van der Waals surface area contributed by atoms with Crippen LogP contribution in [-0.2, 0) is 6.42 Å². The Morgan fingerprint density at radius 3 is 2.81 bits per heavy atom. The molecule has 0 radical (unpaired) electrons. The van der Waals surface area contributed by atoms with Gasteiger partial charge in [-0.2, -0.15) is 0 Å². The minimum Gasteiger partial charge on any atom is -0.352 e. The van der Waals surface area contributed by atoms with Crippen molar-refractivity contribution in [3.8, 4) is 11.8 Å². The molecular weight excluding hydrogens is 414 g/mol. The number of rotatable bonds is 8. The number of aryl methyl sites for hydroxylation is 1. The van der Waals surface area contributed by atoms with Gasteiger partial charge in [-0.3, -0.25) is 14.8 Å². The van der Waals surface area contributed by atoms with Gasteiger partial charge in [-0.15, -0.1) is 12.6 Å². The van der Waals surface area contributed by atoms with Crippen LogP contribution >= 0.6 is 12.6 Å². The number of carbonyl (C=O) groups is 1. The smallest absolute Gasteiger partial charge is 0.251 e. The average molecular weight is 442 g/mol. The molecule has 1 unspecified atom stereocenters. The fourth-order valence-electron chi connectivity index (χ4n) is 3.26. The summed E-state index contributed by atoms with van der Waals surface area (Å²) in [6.45, 7) is 2.45. The molecule has 2 aromatic carbocycles. The highest BCUT2D eigenvalue weighted by Crippen LogP contribution is 2.17. The lowest BCUT2D eigenvalue weighted by Crippen LogP contribution is -2.25. The van der Waals surface area contributed by atoms with Crippen molar-refractivity contribution in [1.29, 1.82) is 0 Å². The van der Waals surface area contributed by atoms with Gasteiger partial charge < -0.3 is 5.32 Å². The molecule has 1 N–H and O–H groups in total. The van der Waals surface area contributed by atoms with E-state index in [9.17, 15) is 4.79 Å². The topological polar surface area (TPSA) is 53.8 Å². The minimum atomic E-state index is -0.111. The molecule has 2 aromatic rings. The molecule has 0 saturated heterocycles. The number of carbonyl (C=O) groups excluding carboxylic acids is 1. The molecule has 0 fully saturated rings. The van der Waals surface area contributed by atoms with E-state index in [1.807, 2.05) is 67.7 Å². The molecule has 0 saturated carbocycles. The van der Waals surface area contributed by atoms with E-state index >= 15 is 0 Å². The van der Waals surface area contributed by atoms with Gasteiger partial charge in [-0.25, -0.2) is 0 Å². The summed E-state index contributed by atoms with van der Waals surface area (Å²) in [5, 5.41) is 4.54. The minimum absolute atomic E-state index is 0.111. The molecule has 1 aliphatic heterocycles. The van der Waals surface area contributed by atoms with Crippen LogP contribution < -0.4 is 5.32 Å². The maximum absolute atomic E-state index is 12.7. The number of hydrogen-bond acceptors (Lipinski definition) is 4. The SMILES string of the molecule is CC(CCNC(=O)c1ccc(CCC2C=CC=N2)c(C#Cc2ccccc2)c1)=N/C=C\S. The van der Waals surface area contributed by atoms with Gasteiger partial charge in [0, 0.05) is 47.8 Å². The summed E-state index contributed by atoms with van der Waals surface area (Å²) in [6, 6.07) is 15.9. The Kier molecular flexibility index (Phi) is 9.09. The van der Waals surface area contributed by atoms with E-state index in [-0.39, 0.29) is 11.9 Å². The summed E-state index contributed by atoms with van der Waals surface area (Å²) in [5.41, 5.74) is 4.49. The molecule has 4 nitrogen and oxygen atoms in total. The Morgan fingerprint density at radius 1 is 1.22 bits per heavy atom. The van der Waals surface area contributed by atoms with Gasteiger partial charge in [0.25, 0.3) is 5.91 Å². The Bertz CT molecular complexity index is 1090. The summed E-state index contributed by atoms with van der Waals surface area (Å²) in [6.07, 6.45) is 10.00. The third kappa shape index (κ3) is 7.40. The number of nitrogens with one attached hydrogen (secondary N) is 1. The second kappa shape index (κ2) is 12.5. The fourth-order valence-corrected chi connectivity index (χ4v) is 3.33. The normalized spacial score (nSPS) is 15.1. The van der Waals surface area contributed by atoms with Crippen molar-refractivity contribution in [1.82, 2.24) is 5.32 Å². The lowest BCUT2D eigenvalue weighted by Gasteiger charge is -2.10. The predicted octanol–water partition coefficient (Wildman–Crippen LogP) is 5.01. The standard InChI is InChI=1S/C27H27N3OS/c1-21(28-18-19-32)15-17-30-27(31)25-12-11-23(13-14-26-8-5-16-29-26)24(20-25)10-9-22-6-3-2-4-7-22/h2-8,11-12,16,18-20,26,32H,13-15,17H2,1H3,(H,30,31)/b19-18-,28-21?. The molecule has 0 spiro atoms. The van der Waals surface area contributed by atoms with E-state index < -0.39 is 0 Å². The van der Waals surface area contributed by atoms with Crippen molar-refractivity contribution in [2.24, 2.45) is 9.98 Å². The van der Waals surface area contributed by atoms with E-state index in [2.05, 4.69) is 45.8 Å². The van der Waals surface area contributed by atoms with E-state index in [0.29, 0.717) is 18.5 Å². The highest BCUT2D eigenvalue weighted by atomic mass is 32.1. The van der Waals surface area contributed by atoms with Crippen molar-refractivity contribution >= 4 is 30.5 Å². The average Bonchev–Trinajstić information content (AvgIpc) is 3.34. The number of hydrogen-bond donors (Lipinski definition) is 2. The molecule has 0 bridgehead atoms. The van der Waals surface area contributed by atoms with Gasteiger partial charge in [-0.1, -0.05) is 42.2 Å².